The number of nitrogens with zero attached hydrogens (tertiary/aromatic N) is 1. The van der Waals surface area contributed by atoms with Crippen LogP contribution in [0.5, 0.6) is 11.5 Å². The van der Waals surface area contributed by atoms with E-state index in [1.54, 1.807) is 14.2 Å². The molecule has 0 aromatic heterocycles. The molecule has 0 spiro atoms. The van der Waals surface area contributed by atoms with Gasteiger partial charge in [0, 0.05) is 12.0 Å². The van der Waals surface area contributed by atoms with Gasteiger partial charge in [0.2, 0.25) is 6.10 Å². The molecule has 2 aromatic carbocycles. The van der Waals surface area contributed by atoms with E-state index in [4.69, 9.17) is 14.3 Å². The molecule has 0 saturated heterocycles. The lowest BCUT2D eigenvalue weighted by Crippen LogP contribution is -2.36. The van der Waals surface area contributed by atoms with Crippen LogP contribution in [0.15, 0.2) is 53.7 Å². The van der Waals surface area contributed by atoms with Gasteiger partial charge < -0.3 is 19.6 Å². The Bertz CT molecular complexity index is 805. The summed E-state index contributed by atoms with van der Waals surface area (Å²) in [6, 6.07) is 15.1. The Morgan fingerprint density at radius 3 is 2.65 bits per heavy atom. The van der Waals surface area contributed by atoms with Gasteiger partial charge in [-0.1, -0.05) is 35.5 Å². The molecule has 6 heteroatoms. The van der Waals surface area contributed by atoms with E-state index >= 15 is 0 Å². The molecule has 0 fully saturated rings. The minimum absolute atomic E-state index is 0.109. The first kappa shape index (κ1) is 17.8. The van der Waals surface area contributed by atoms with Crippen molar-refractivity contribution >= 4 is 11.6 Å². The van der Waals surface area contributed by atoms with Gasteiger partial charge in [-0.05, 0) is 30.7 Å². The van der Waals surface area contributed by atoms with Crippen LogP contribution >= 0.6 is 0 Å². The normalized spacial score (nSPS) is 17.0. The van der Waals surface area contributed by atoms with E-state index in [0.717, 1.165) is 11.1 Å². The summed E-state index contributed by atoms with van der Waals surface area (Å²) >= 11 is 0. The standard InChI is InChI=1S/C20H22N2O4/c1-13(14-7-5-4-6-8-14)21-20(23)19-12-17(22-26-19)16-11-15(24-2)9-10-18(16)25-3/h4-11,13,19H,12H2,1-3H3,(H,21,23)/t13-,19+/m0/s1. The number of hydrogen-bond donors (Lipinski definition) is 1. The fourth-order valence-corrected chi connectivity index (χ4v) is 2.85. The van der Waals surface area contributed by atoms with E-state index in [-0.39, 0.29) is 11.9 Å². The molecule has 6 nitrogen and oxygen atoms in total. The van der Waals surface area contributed by atoms with Crippen molar-refractivity contribution in [1.29, 1.82) is 0 Å². The predicted molar refractivity (Wildman–Crippen MR) is 98.6 cm³/mol. The largest absolute Gasteiger partial charge is 0.497 e. The van der Waals surface area contributed by atoms with Gasteiger partial charge in [0.1, 0.15) is 11.5 Å². The van der Waals surface area contributed by atoms with Crippen LogP contribution in [0.3, 0.4) is 0 Å². The Kier molecular flexibility index (Phi) is 5.41. The van der Waals surface area contributed by atoms with E-state index in [2.05, 4.69) is 10.5 Å². The number of amides is 1. The molecule has 0 aliphatic carbocycles. The van der Waals surface area contributed by atoms with Crippen LogP contribution in [-0.4, -0.2) is 31.9 Å². The zero-order chi connectivity index (χ0) is 18.5. The van der Waals surface area contributed by atoms with Crippen molar-refractivity contribution < 1.29 is 19.1 Å². The van der Waals surface area contributed by atoms with E-state index in [9.17, 15) is 4.79 Å². The summed E-state index contributed by atoms with van der Waals surface area (Å²) in [5.74, 6) is 1.16. The number of hydrogen-bond acceptors (Lipinski definition) is 5. The van der Waals surface area contributed by atoms with E-state index in [1.165, 1.54) is 0 Å². The molecule has 26 heavy (non-hydrogen) atoms. The molecule has 1 aliphatic rings. The quantitative estimate of drug-likeness (QED) is 0.866. The van der Waals surface area contributed by atoms with Crippen molar-refractivity contribution in [1.82, 2.24) is 5.32 Å². The highest BCUT2D eigenvalue weighted by molar-refractivity contribution is 6.06. The molecule has 1 amide bonds. The number of carbonyl (C=O) groups is 1. The van der Waals surface area contributed by atoms with Gasteiger partial charge in [-0.3, -0.25) is 4.79 Å². The Labute approximate surface area is 152 Å². The maximum atomic E-state index is 12.5. The van der Waals surface area contributed by atoms with E-state index in [1.807, 2.05) is 55.5 Å². The number of ether oxygens (including phenoxy) is 2. The van der Waals surface area contributed by atoms with Crippen LogP contribution in [0.2, 0.25) is 0 Å². The van der Waals surface area contributed by atoms with Crippen molar-refractivity contribution in [3.8, 4) is 11.5 Å². The lowest BCUT2D eigenvalue weighted by Gasteiger charge is -2.16. The Hall–Kier alpha value is -3.02. The second kappa shape index (κ2) is 7.91. The number of nitrogens with one attached hydrogen (secondary N) is 1. The SMILES string of the molecule is COc1ccc(OC)c(C2=NO[C@@H](C(=O)N[C@@H](C)c3ccccc3)C2)c1. The van der Waals surface area contributed by atoms with Crippen molar-refractivity contribution in [2.45, 2.75) is 25.5 Å². The van der Waals surface area contributed by atoms with Crippen molar-refractivity contribution in [3.05, 3.63) is 59.7 Å². The highest BCUT2D eigenvalue weighted by Crippen LogP contribution is 2.28. The molecular weight excluding hydrogens is 332 g/mol. The molecule has 0 saturated carbocycles. The number of benzene rings is 2. The summed E-state index contributed by atoms with van der Waals surface area (Å²) in [4.78, 5) is 17.9. The van der Waals surface area contributed by atoms with Gasteiger partial charge >= 0.3 is 0 Å². The third kappa shape index (κ3) is 3.79. The fraction of sp³-hybridized carbons (Fsp3) is 0.300. The van der Waals surface area contributed by atoms with Crippen LogP contribution in [0, 0.1) is 0 Å². The molecule has 1 N–H and O–H groups in total. The molecule has 0 bridgehead atoms. The first-order valence-electron chi connectivity index (χ1n) is 8.42. The molecule has 136 valence electrons. The zero-order valence-corrected chi connectivity index (χ0v) is 15.1. The van der Waals surface area contributed by atoms with Gasteiger partial charge in [-0.25, -0.2) is 0 Å². The van der Waals surface area contributed by atoms with Crippen molar-refractivity contribution in [2.75, 3.05) is 14.2 Å². The molecule has 2 atom stereocenters. The summed E-state index contributed by atoms with van der Waals surface area (Å²) < 4.78 is 10.6. The molecule has 1 heterocycles. The minimum Gasteiger partial charge on any atom is -0.497 e. The summed E-state index contributed by atoms with van der Waals surface area (Å²) in [6.45, 7) is 1.94. The summed E-state index contributed by atoms with van der Waals surface area (Å²) in [7, 11) is 3.19. The van der Waals surface area contributed by atoms with Gasteiger partial charge in [0.15, 0.2) is 0 Å². The Balaban J connectivity index is 1.67. The molecular formula is C20H22N2O4. The monoisotopic (exact) mass is 354 g/mol. The maximum Gasteiger partial charge on any atom is 0.264 e. The number of oxime groups is 1. The molecule has 0 unspecified atom stereocenters. The maximum absolute atomic E-state index is 12.5. The lowest BCUT2D eigenvalue weighted by molar-refractivity contribution is -0.131. The van der Waals surface area contributed by atoms with Crippen LogP contribution in [0.1, 0.15) is 30.5 Å². The Morgan fingerprint density at radius 2 is 1.96 bits per heavy atom. The van der Waals surface area contributed by atoms with E-state index in [0.29, 0.717) is 23.6 Å². The summed E-state index contributed by atoms with van der Waals surface area (Å²) in [6.07, 6.45) is -0.288. The van der Waals surface area contributed by atoms with Gasteiger partial charge in [0.05, 0.1) is 26.0 Å². The zero-order valence-electron chi connectivity index (χ0n) is 15.1. The molecule has 0 radical (unpaired) electrons. The third-order valence-corrected chi connectivity index (χ3v) is 4.34. The van der Waals surface area contributed by atoms with Crippen molar-refractivity contribution in [3.63, 3.8) is 0 Å². The average Bonchev–Trinajstić information content (AvgIpc) is 3.18. The van der Waals surface area contributed by atoms with Gasteiger partial charge in [0.25, 0.3) is 5.91 Å². The third-order valence-electron chi connectivity index (χ3n) is 4.34. The molecule has 1 aliphatic heterocycles. The minimum atomic E-state index is -0.660. The second-order valence-corrected chi connectivity index (χ2v) is 6.04. The Morgan fingerprint density at radius 1 is 1.19 bits per heavy atom. The number of carbonyl (C=O) groups excluding carboxylic acids is 1. The molecule has 3 rings (SSSR count). The average molecular weight is 354 g/mol. The van der Waals surface area contributed by atoms with Crippen LogP contribution < -0.4 is 14.8 Å². The summed E-state index contributed by atoms with van der Waals surface area (Å²) in [5, 5.41) is 7.06. The highest BCUT2D eigenvalue weighted by atomic mass is 16.6. The van der Waals surface area contributed by atoms with Crippen LogP contribution in [-0.2, 0) is 9.63 Å². The number of rotatable bonds is 6. The van der Waals surface area contributed by atoms with E-state index < -0.39 is 6.10 Å². The molecule has 2 aromatic rings. The smallest absolute Gasteiger partial charge is 0.264 e. The summed E-state index contributed by atoms with van der Waals surface area (Å²) in [5.41, 5.74) is 2.46. The highest BCUT2D eigenvalue weighted by Gasteiger charge is 2.31. The lowest BCUT2D eigenvalue weighted by atomic mass is 10.0. The first-order chi connectivity index (χ1) is 12.6. The second-order valence-electron chi connectivity index (χ2n) is 6.04. The van der Waals surface area contributed by atoms with Crippen LogP contribution in [0.4, 0.5) is 0 Å². The van der Waals surface area contributed by atoms with Crippen molar-refractivity contribution in [2.24, 2.45) is 5.16 Å². The predicted octanol–water partition coefficient (Wildman–Crippen LogP) is 3.07. The number of methoxy groups -OCH3 is 2. The van der Waals surface area contributed by atoms with Crippen LogP contribution in [0.25, 0.3) is 0 Å². The fourth-order valence-electron chi connectivity index (χ4n) is 2.85. The van der Waals surface area contributed by atoms with Gasteiger partial charge in [-0.15, -0.1) is 0 Å². The topological polar surface area (TPSA) is 69.1 Å². The first-order valence-corrected chi connectivity index (χ1v) is 8.42. The van der Waals surface area contributed by atoms with Gasteiger partial charge in [-0.2, -0.15) is 0 Å².